The van der Waals surface area contributed by atoms with Gasteiger partial charge in [-0.15, -0.1) is 0 Å². The van der Waals surface area contributed by atoms with Gasteiger partial charge in [0.1, 0.15) is 0 Å². The minimum Gasteiger partial charge on any atom is -0.378 e. The Morgan fingerprint density at radius 3 is 2.21 bits per heavy atom. The summed E-state index contributed by atoms with van der Waals surface area (Å²) < 4.78 is 5.44. The highest BCUT2D eigenvalue weighted by atomic mass is 32.2. The minimum absolute atomic E-state index is 0.734. The van der Waals surface area contributed by atoms with Gasteiger partial charge in [-0.2, -0.15) is 0 Å². The van der Waals surface area contributed by atoms with Crippen LogP contribution in [0.15, 0.2) is 70.6 Å². The molecule has 4 nitrogen and oxygen atoms in total. The third-order valence-corrected chi connectivity index (χ3v) is 4.40. The number of hydrogen-bond donors (Lipinski definition) is 0. The number of para-hydroxylation sites is 1. The van der Waals surface area contributed by atoms with Gasteiger partial charge in [0.25, 0.3) is 0 Å². The highest BCUT2D eigenvalue weighted by Gasteiger charge is 2.15. The molecule has 0 unspecified atom stereocenters. The molecule has 124 valence electrons. The predicted molar refractivity (Wildman–Crippen MR) is 102 cm³/mol. The normalized spacial score (nSPS) is 16.3. The molecule has 1 saturated heterocycles. The fourth-order valence-electron chi connectivity index (χ4n) is 2.46. The molecule has 0 amide bonds. The summed E-state index contributed by atoms with van der Waals surface area (Å²) in [6.45, 7) is 3.23. The van der Waals surface area contributed by atoms with Gasteiger partial charge in [0.15, 0.2) is 11.0 Å². The average molecular weight is 339 g/mol. The lowest BCUT2D eigenvalue weighted by atomic mass is 10.2. The second-order valence-corrected chi connectivity index (χ2v) is 6.11. The van der Waals surface area contributed by atoms with Crippen molar-refractivity contribution in [1.29, 1.82) is 0 Å². The molecule has 2 aromatic carbocycles. The maximum absolute atomic E-state index is 5.44. The Morgan fingerprint density at radius 1 is 0.958 bits per heavy atom. The minimum atomic E-state index is 0.734. The van der Waals surface area contributed by atoms with Crippen LogP contribution in [-0.2, 0) is 4.74 Å². The van der Waals surface area contributed by atoms with Crippen LogP contribution >= 0.6 is 11.8 Å². The first-order valence-electron chi connectivity index (χ1n) is 8.01. The van der Waals surface area contributed by atoms with Crippen molar-refractivity contribution >= 4 is 28.5 Å². The van der Waals surface area contributed by atoms with Gasteiger partial charge in [-0.1, -0.05) is 60.3 Å². The monoisotopic (exact) mass is 339 g/mol. The quantitative estimate of drug-likeness (QED) is 0.617. The Hall–Kier alpha value is -2.11. The molecule has 0 atom stereocenters. The van der Waals surface area contributed by atoms with Gasteiger partial charge in [-0.25, -0.2) is 9.98 Å². The summed E-state index contributed by atoms with van der Waals surface area (Å²) >= 11 is 1.65. The number of nitrogens with zero attached hydrogens (tertiary/aromatic N) is 3. The molecule has 0 spiro atoms. The molecule has 3 rings (SSSR count). The van der Waals surface area contributed by atoms with E-state index < -0.39 is 0 Å². The zero-order chi connectivity index (χ0) is 16.6. The third-order valence-electron chi connectivity index (χ3n) is 3.69. The molecule has 1 aliphatic rings. The van der Waals surface area contributed by atoms with Crippen LogP contribution in [0.4, 0.5) is 5.69 Å². The van der Waals surface area contributed by atoms with Crippen LogP contribution in [0.3, 0.4) is 0 Å². The van der Waals surface area contributed by atoms with Gasteiger partial charge in [0.05, 0.1) is 18.9 Å². The van der Waals surface area contributed by atoms with Gasteiger partial charge >= 0.3 is 0 Å². The van der Waals surface area contributed by atoms with Crippen LogP contribution in [-0.4, -0.2) is 48.5 Å². The van der Waals surface area contributed by atoms with Crippen molar-refractivity contribution in [1.82, 2.24) is 4.90 Å². The molecule has 0 aliphatic carbocycles. The molecule has 0 bridgehead atoms. The summed E-state index contributed by atoms with van der Waals surface area (Å²) in [4.78, 5) is 11.9. The maximum atomic E-state index is 5.44. The number of thioether (sulfide) groups is 1. The van der Waals surface area contributed by atoms with Crippen molar-refractivity contribution in [2.45, 2.75) is 0 Å². The van der Waals surface area contributed by atoms with Crippen LogP contribution in [0.25, 0.3) is 0 Å². The summed E-state index contributed by atoms with van der Waals surface area (Å²) in [6.07, 6.45) is 2.05. The van der Waals surface area contributed by atoms with Crippen LogP contribution in [0.2, 0.25) is 0 Å². The zero-order valence-corrected chi connectivity index (χ0v) is 14.6. The Bertz CT molecular complexity index is 695. The first kappa shape index (κ1) is 16.7. The molecular weight excluding hydrogens is 318 g/mol. The van der Waals surface area contributed by atoms with E-state index in [0.29, 0.717) is 0 Å². The molecule has 5 heteroatoms. The van der Waals surface area contributed by atoms with Crippen LogP contribution in [0, 0.1) is 0 Å². The second-order valence-electron chi connectivity index (χ2n) is 5.33. The predicted octanol–water partition coefficient (Wildman–Crippen LogP) is 3.82. The summed E-state index contributed by atoms with van der Waals surface area (Å²) in [5.74, 6) is 0.734. The summed E-state index contributed by atoms with van der Waals surface area (Å²) in [5, 5.41) is 0.983. The summed E-state index contributed by atoms with van der Waals surface area (Å²) in [5.41, 5.74) is 1.92. The van der Waals surface area contributed by atoms with Gasteiger partial charge in [-0.05, 0) is 18.4 Å². The lowest BCUT2D eigenvalue weighted by molar-refractivity contribution is 0.0694. The second kappa shape index (κ2) is 8.66. The van der Waals surface area contributed by atoms with E-state index in [2.05, 4.69) is 11.2 Å². The Morgan fingerprint density at radius 2 is 1.58 bits per heavy atom. The largest absolute Gasteiger partial charge is 0.378 e. The SMILES string of the molecule is CSC(=NC(=Nc1ccccc1)c1ccccc1)N1CCOCC1. The highest BCUT2D eigenvalue weighted by Crippen LogP contribution is 2.16. The number of ether oxygens (including phenoxy) is 1. The fraction of sp³-hybridized carbons (Fsp3) is 0.263. The number of benzene rings is 2. The van der Waals surface area contributed by atoms with E-state index in [0.717, 1.165) is 48.6 Å². The summed E-state index contributed by atoms with van der Waals surface area (Å²) in [6, 6.07) is 20.1. The zero-order valence-electron chi connectivity index (χ0n) is 13.8. The molecule has 1 heterocycles. The Balaban J connectivity index is 1.97. The first-order chi connectivity index (χ1) is 11.9. The molecule has 2 aromatic rings. The maximum Gasteiger partial charge on any atom is 0.166 e. The van der Waals surface area contributed by atoms with Gasteiger partial charge in [-0.3, -0.25) is 0 Å². The summed E-state index contributed by atoms with van der Waals surface area (Å²) in [7, 11) is 0. The number of hydrogen-bond acceptors (Lipinski definition) is 3. The Kier molecular flexibility index (Phi) is 6.04. The van der Waals surface area contributed by atoms with E-state index in [9.17, 15) is 0 Å². The van der Waals surface area contributed by atoms with Gasteiger partial charge in [0.2, 0.25) is 0 Å². The van der Waals surface area contributed by atoms with Gasteiger partial charge in [0, 0.05) is 18.7 Å². The molecular formula is C19H21N3OS. The van der Waals surface area contributed by atoms with Crippen LogP contribution in [0.1, 0.15) is 5.56 Å². The Labute approximate surface area is 147 Å². The molecule has 0 radical (unpaired) electrons. The van der Waals surface area contributed by atoms with Crippen molar-refractivity contribution in [3.8, 4) is 0 Å². The lowest BCUT2D eigenvalue weighted by Gasteiger charge is -2.28. The average Bonchev–Trinajstić information content (AvgIpc) is 2.67. The van der Waals surface area contributed by atoms with E-state index in [1.54, 1.807) is 11.8 Å². The van der Waals surface area contributed by atoms with E-state index in [-0.39, 0.29) is 0 Å². The third kappa shape index (κ3) is 4.46. The molecule has 1 fully saturated rings. The molecule has 0 N–H and O–H groups in total. The fourth-order valence-corrected chi connectivity index (χ4v) is 3.08. The lowest BCUT2D eigenvalue weighted by Crippen LogP contribution is -2.39. The van der Waals surface area contributed by atoms with Crippen molar-refractivity contribution in [3.63, 3.8) is 0 Å². The van der Waals surface area contributed by atoms with Crippen molar-refractivity contribution < 1.29 is 4.74 Å². The van der Waals surface area contributed by atoms with Crippen LogP contribution < -0.4 is 0 Å². The number of rotatable bonds is 2. The number of aliphatic imine (C=N–C) groups is 2. The standard InChI is InChI=1S/C19H21N3OS/c1-24-19(22-12-14-23-15-13-22)21-18(16-8-4-2-5-9-16)20-17-10-6-3-7-11-17/h2-11H,12-15H2,1H3. The molecule has 24 heavy (non-hydrogen) atoms. The molecule has 1 aliphatic heterocycles. The topological polar surface area (TPSA) is 37.2 Å². The smallest absolute Gasteiger partial charge is 0.166 e. The molecule has 0 saturated carbocycles. The van der Waals surface area contributed by atoms with Crippen molar-refractivity contribution in [2.24, 2.45) is 9.98 Å². The van der Waals surface area contributed by atoms with E-state index >= 15 is 0 Å². The van der Waals surface area contributed by atoms with Crippen molar-refractivity contribution in [3.05, 3.63) is 66.2 Å². The van der Waals surface area contributed by atoms with E-state index in [4.69, 9.17) is 14.7 Å². The molecule has 0 aromatic heterocycles. The van der Waals surface area contributed by atoms with Gasteiger partial charge < -0.3 is 9.64 Å². The number of morpholine rings is 1. The highest BCUT2D eigenvalue weighted by molar-refractivity contribution is 8.13. The first-order valence-corrected chi connectivity index (χ1v) is 9.24. The van der Waals surface area contributed by atoms with E-state index in [1.165, 1.54) is 0 Å². The van der Waals surface area contributed by atoms with Crippen molar-refractivity contribution in [2.75, 3.05) is 32.6 Å². The van der Waals surface area contributed by atoms with Crippen LogP contribution in [0.5, 0.6) is 0 Å². The number of amidine groups is 2. The van der Waals surface area contributed by atoms with E-state index in [1.807, 2.05) is 60.7 Å².